The van der Waals surface area contributed by atoms with Gasteiger partial charge in [0.1, 0.15) is 22.8 Å². The van der Waals surface area contributed by atoms with E-state index in [1.54, 1.807) is 36.3 Å². The van der Waals surface area contributed by atoms with Crippen LogP contribution in [0.15, 0.2) is 35.2 Å². The summed E-state index contributed by atoms with van der Waals surface area (Å²) in [6.45, 7) is 0.400. The second-order valence-corrected chi connectivity index (χ2v) is 12.5. The second kappa shape index (κ2) is 9.87. The van der Waals surface area contributed by atoms with Crippen LogP contribution in [-0.4, -0.2) is 36.4 Å². The van der Waals surface area contributed by atoms with Crippen LogP contribution in [0.4, 0.5) is 0 Å². The molecule has 4 aromatic rings. The van der Waals surface area contributed by atoms with Crippen LogP contribution in [0.25, 0.3) is 22.3 Å². The normalized spacial score (nSPS) is 23.5. The van der Waals surface area contributed by atoms with Gasteiger partial charge in [0, 0.05) is 53.5 Å². The van der Waals surface area contributed by atoms with E-state index in [9.17, 15) is 9.90 Å². The molecule has 4 aliphatic rings. The SMILES string of the molecule is Cn1cc(C(=O)O)c2ccc(C#CC34CCC(OCc5c(-c6c(Cl)cncc6Cl)noc5C5CC5)(CC3)CC4)nc21. The molecule has 0 radical (unpaired) electrons. The number of pyridine rings is 2. The summed E-state index contributed by atoms with van der Waals surface area (Å²) in [4.78, 5) is 20.3. The Labute approximate surface area is 247 Å². The number of ether oxygens (including phenoxy) is 1. The van der Waals surface area contributed by atoms with Crippen LogP contribution in [0, 0.1) is 17.3 Å². The van der Waals surface area contributed by atoms with Crippen LogP contribution in [0.2, 0.25) is 10.0 Å². The number of nitrogens with zero attached hydrogens (tertiary/aromatic N) is 4. The van der Waals surface area contributed by atoms with Crippen molar-refractivity contribution in [1.29, 1.82) is 0 Å². The monoisotopic (exact) mass is 590 g/mol. The van der Waals surface area contributed by atoms with Gasteiger partial charge >= 0.3 is 5.97 Å². The highest BCUT2D eigenvalue weighted by atomic mass is 35.5. The number of aromatic nitrogens is 4. The van der Waals surface area contributed by atoms with Gasteiger partial charge in [0.05, 0.1) is 27.8 Å². The molecule has 0 amide bonds. The van der Waals surface area contributed by atoms with E-state index in [-0.39, 0.29) is 16.6 Å². The molecule has 4 heterocycles. The number of hydrogen-bond donors (Lipinski definition) is 1. The zero-order chi connectivity index (χ0) is 28.4. The molecule has 0 aliphatic heterocycles. The first-order chi connectivity index (χ1) is 19.8. The van der Waals surface area contributed by atoms with Crippen molar-refractivity contribution in [2.45, 2.75) is 69.5 Å². The van der Waals surface area contributed by atoms with E-state index in [0.717, 1.165) is 62.7 Å². The van der Waals surface area contributed by atoms with Crippen molar-refractivity contribution in [3.8, 4) is 23.1 Å². The molecule has 8 nitrogen and oxygen atoms in total. The van der Waals surface area contributed by atoms with E-state index in [1.165, 1.54) is 0 Å². The third-order valence-electron chi connectivity index (χ3n) is 9.07. The first-order valence-corrected chi connectivity index (χ1v) is 14.7. The topological polar surface area (TPSA) is 103 Å². The molecule has 1 N–H and O–H groups in total. The largest absolute Gasteiger partial charge is 0.478 e. The van der Waals surface area contributed by atoms with Gasteiger partial charge in [-0.1, -0.05) is 34.3 Å². The van der Waals surface area contributed by atoms with E-state index < -0.39 is 5.97 Å². The standard InChI is InChI=1S/C31H28Cl2N4O4/c1-37-16-21(29(38)39)20-5-4-19(35-28(20)37)6-7-30-8-11-31(12-9-30,13-10-30)40-17-22-26(36-41-27(22)18-2-3-18)25-23(32)14-34-15-24(25)33/h4-5,14-16,18H,2-3,8-13,17H2,1H3,(H,38,39). The summed E-state index contributed by atoms with van der Waals surface area (Å²) in [7, 11) is 1.80. The number of aromatic carboxylic acids is 1. The zero-order valence-electron chi connectivity index (χ0n) is 22.5. The first kappa shape index (κ1) is 26.5. The minimum Gasteiger partial charge on any atom is -0.478 e. The molecule has 8 rings (SSSR count). The minimum atomic E-state index is -0.959. The molecule has 4 saturated carbocycles. The average Bonchev–Trinajstić information content (AvgIpc) is 3.65. The predicted octanol–water partition coefficient (Wildman–Crippen LogP) is 7.17. The Balaban J connectivity index is 1.08. The summed E-state index contributed by atoms with van der Waals surface area (Å²) < 4.78 is 14.3. The zero-order valence-corrected chi connectivity index (χ0v) is 24.1. The Hall–Kier alpha value is -3.38. The fourth-order valence-corrected chi connectivity index (χ4v) is 6.97. The number of aryl methyl sites for hydroxylation is 1. The van der Waals surface area contributed by atoms with Crippen LogP contribution in [-0.2, 0) is 18.4 Å². The molecule has 4 fully saturated rings. The molecular formula is C31H28Cl2N4O4. The molecule has 4 aromatic heterocycles. The molecule has 210 valence electrons. The number of carbonyl (C=O) groups is 1. The van der Waals surface area contributed by atoms with Gasteiger partial charge in [-0.25, -0.2) is 9.78 Å². The van der Waals surface area contributed by atoms with Gasteiger partial charge in [-0.05, 0) is 69.4 Å². The molecule has 0 unspecified atom stereocenters. The molecule has 0 atom stereocenters. The lowest BCUT2D eigenvalue weighted by Gasteiger charge is -2.51. The molecule has 0 spiro atoms. The summed E-state index contributed by atoms with van der Waals surface area (Å²) >= 11 is 13.0. The lowest BCUT2D eigenvalue weighted by molar-refractivity contribution is -0.131. The molecular weight excluding hydrogens is 563 g/mol. The number of rotatable bonds is 6. The maximum absolute atomic E-state index is 11.5. The van der Waals surface area contributed by atoms with Crippen LogP contribution >= 0.6 is 23.2 Å². The van der Waals surface area contributed by atoms with Crippen molar-refractivity contribution in [3.05, 3.63) is 63.3 Å². The van der Waals surface area contributed by atoms with E-state index in [1.807, 2.05) is 6.07 Å². The third kappa shape index (κ3) is 4.70. The Kier molecular flexibility index (Phi) is 6.38. The van der Waals surface area contributed by atoms with E-state index >= 15 is 0 Å². The van der Waals surface area contributed by atoms with Crippen molar-refractivity contribution in [2.75, 3.05) is 0 Å². The molecule has 2 bridgehead atoms. The number of carboxylic acid groups (broad SMARTS) is 1. The third-order valence-corrected chi connectivity index (χ3v) is 9.64. The quantitative estimate of drug-likeness (QED) is 0.237. The van der Waals surface area contributed by atoms with Gasteiger partial charge in [0.15, 0.2) is 0 Å². The van der Waals surface area contributed by atoms with Crippen LogP contribution in [0.3, 0.4) is 0 Å². The summed E-state index contributed by atoms with van der Waals surface area (Å²) in [5, 5.41) is 15.3. The molecule has 4 aliphatic carbocycles. The van der Waals surface area contributed by atoms with Gasteiger partial charge in [-0.2, -0.15) is 0 Å². The summed E-state index contributed by atoms with van der Waals surface area (Å²) in [5.41, 5.74) is 3.50. The molecule has 0 saturated heterocycles. The number of carboxylic acids is 1. The van der Waals surface area contributed by atoms with Crippen molar-refractivity contribution >= 4 is 40.2 Å². The van der Waals surface area contributed by atoms with Crippen LogP contribution < -0.4 is 0 Å². The average molecular weight is 591 g/mol. The highest BCUT2D eigenvalue weighted by Gasteiger charge is 2.49. The number of fused-ring (bicyclic) bond motifs is 4. The van der Waals surface area contributed by atoms with Crippen molar-refractivity contribution in [2.24, 2.45) is 12.5 Å². The van der Waals surface area contributed by atoms with Gasteiger partial charge in [-0.15, -0.1) is 0 Å². The Morgan fingerprint density at radius 3 is 2.51 bits per heavy atom. The predicted molar refractivity (Wildman–Crippen MR) is 154 cm³/mol. The summed E-state index contributed by atoms with van der Waals surface area (Å²) in [6.07, 6.45) is 12.6. The molecule has 10 heteroatoms. The highest BCUT2D eigenvalue weighted by molar-refractivity contribution is 6.38. The van der Waals surface area contributed by atoms with Gasteiger partial charge in [0.25, 0.3) is 0 Å². The fraction of sp³-hybridized carbons (Fsp3) is 0.419. The van der Waals surface area contributed by atoms with Gasteiger partial charge in [0.2, 0.25) is 0 Å². The minimum absolute atomic E-state index is 0.0538. The fourth-order valence-electron chi connectivity index (χ4n) is 6.43. The van der Waals surface area contributed by atoms with E-state index in [2.05, 4.69) is 27.0 Å². The Morgan fingerprint density at radius 1 is 1.15 bits per heavy atom. The first-order valence-electron chi connectivity index (χ1n) is 13.9. The van der Waals surface area contributed by atoms with E-state index in [4.69, 9.17) is 32.5 Å². The second-order valence-electron chi connectivity index (χ2n) is 11.7. The van der Waals surface area contributed by atoms with E-state index in [0.29, 0.717) is 50.6 Å². The van der Waals surface area contributed by atoms with Crippen molar-refractivity contribution < 1.29 is 19.2 Å². The van der Waals surface area contributed by atoms with Gasteiger partial charge < -0.3 is 18.9 Å². The Morgan fingerprint density at radius 2 is 1.85 bits per heavy atom. The smallest absolute Gasteiger partial charge is 0.337 e. The highest BCUT2D eigenvalue weighted by Crippen LogP contribution is 2.54. The maximum Gasteiger partial charge on any atom is 0.337 e. The Bertz CT molecular complexity index is 1720. The van der Waals surface area contributed by atoms with Crippen molar-refractivity contribution in [3.63, 3.8) is 0 Å². The maximum atomic E-state index is 11.5. The van der Waals surface area contributed by atoms with Gasteiger partial charge in [-0.3, -0.25) is 4.98 Å². The summed E-state index contributed by atoms with van der Waals surface area (Å²) in [5.74, 6) is 7.15. The lowest BCUT2D eigenvalue weighted by atomic mass is 9.59. The van der Waals surface area contributed by atoms with Crippen LogP contribution in [0.1, 0.15) is 84.7 Å². The number of hydrogen-bond acceptors (Lipinski definition) is 6. The molecule has 0 aromatic carbocycles. The summed E-state index contributed by atoms with van der Waals surface area (Å²) in [6, 6.07) is 3.61. The molecule has 41 heavy (non-hydrogen) atoms. The van der Waals surface area contributed by atoms with Crippen LogP contribution in [0.5, 0.6) is 0 Å². The number of halogens is 2. The van der Waals surface area contributed by atoms with Crippen molar-refractivity contribution in [1.82, 2.24) is 19.7 Å². The lowest BCUT2D eigenvalue weighted by Crippen LogP contribution is -2.47.